The van der Waals surface area contributed by atoms with Crippen LogP contribution in [0.3, 0.4) is 0 Å². The van der Waals surface area contributed by atoms with E-state index in [1.807, 2.05) is 6.92 Å². The molecular formula is C13H23N3O. The minimum atomic E-state index is -0.0341. The maximum Gasteiger partial charge on any atom is 0.266 e. The Labute approximate surface area is 103 Å². The van der Waals surface area contributed by atoms with E-state index in [2.05, 4.69) is 31.2 Å². The third-order valence-electron chi connectivity index (χ3n) is 2.55. The van der Waals surface area contributed by atoms with Crippen LogP contribution in [0.25, 0.3) is 0 Å². The number of aromatic nitrogens is 2. The summed E-state index contributed by atoms with van der Waals surface area (Å²) in [5, 5.41) is 7.52. The zero-order chi connectivity index (χ0) is 12.9. The van der Waals surface area contributed by atoms with Crippen molar-refractivity contribution in [1.29, 1.82) is 0 Å². The molecule has 0 aliphatic heterocycles. The maximum absolute atomic E-state index is 11.5. The zero-order valence-electron chi connectivity index (χ0n) is 11.3. The topological polar surface area (TPSA) is 46.9 Å². The molecule has 1 aromatic rings. The van der Waals surface area contributed by atoms with E-state index >= 15 is 0 Å². The molecule has 0 aliphatic rings. The van der Waals surface area contributed by atoms with Crippen molar-refractivity contribution in [3.05, 3.63) is 28.2 Å². The molecule has 0 amide bonds. The summed E-state index contributed by atoms with van der Waals surface area (Å²) < 4.78 is 1.51. The van der Waals surface area contributed by atoms with Crippen molar-refractivity contribution in [3.8, 4) is 0 Å². The molecule has 0 saturated carbocycles. The first kappa shape index (κ1) is 13.9. The second-order valence-corrected chi connectivity index (χ2v) is 5.60. The van der Waals surface area contributed by atoms with E-state index in [0.717, 1.165) is 25.2 Å². The van der Waals surface area contributed by atoms with Gasteiger partial charge in [-0.1, -0.05) is 20.8 Å². The SMILES string of the molecule is Cc1ccc(=O)n(CCNCCC(C)(C)C)n1. The van der Waals surface area contributed by atoms with E-state index in [-0.39, 0.29) is 5.56 Å². The molecule has 96 valence electrons. The number of nitrogens with one attached hydrogen (secondary N) is 1. The molecule has 4 heteroatoms. The summed E-state index contributed by atoms with van der Waals surface area (Å²) in [6.45, 7) is 11.0. The number of hydrogen-bond acceptors (Lipinski definition) is 3. The van der Waals surface area contributed by atoms with Crippen LogP contribution < -0.4 is 10.9 Å². The molecule has 0 bridgehead atoms. The quantitative estimate of drug-likeness (QED) is 0.791. The standard InChI is InChI=1S/C13H23N3O/c1-11-5-6-12(17)16(15-11)10-9-14-8-7-13(2,3)4/h5-6,14H,7-10H2,1-4H3. The fourth-order valence-electron chi connectivity index (χ4n) is 1.48. The second kappa shape index (κ2) is 5.96. The van der Waals surface area contributed by atoms with Gasteiger partial charge in [0.1, 0.15) is 0 Å². The molecule has 0 atom stereocenters. The zero-order valence-corrected chi connectivity index (χ0v) is 11.3. The molecule has 0 radical (unpaired) electrons. The largest absolute Gasteiger partial charge is 0.315 e. The lowest BCUT2D eigenvalue weighted by molar-refractivity contribution is 0.363. The molecular weight excluding hydrogens is 214 g/mol. The minimum absolute atomic E-state index is 0.0341. The van der Waals surface area contributed by atoms with Gasteiger partial charge in [-0.2, -0.15) is 5.10 Å². The van der Waals surface area contributed by atoms with E-state index in [1.54, 1.807) is 12.1 Å². The van der Waals surface area contributed by atoms with Crippen LogP contribution in [0.15, 0.2) is 16.9 Å². The average molecular weight is 237 g/mol. The van der Waals surface area contributed by atoms with Gasteiger partial charge in [0.25, 0.3) is 5.56 Å². The highest BCUT2D eigenvalue weighted by Crippen LogP contribution is 2.16. The van der Waals surface area contributed by atoms with Gasteiger partial charge in [-0.15, -0.1) is 0 Å². The maximum atomic E-state index is 11.5. The number of aryl methyl sites for hydroxylation is 1. The van der Waals surface area contributed by atoms with Gasteiger partial charge >= 0.3 is 0 Å². The Morgan fingerprint density at radius 1 is 1.29 bits per heavy atom. The average Bonchev–Trinajstić information content (AvgIpc) is 2.21. The lowest BCUT2D eigenvalue weighted by atomic mass is 9.92. The van der Waals surface area contributed by atoms with Crippen molar-refractivity contribution in [1.82, 2.24) is 15.1 Å². The summed E-state index contributed by atoms with van der Waals surface area (Å²) in [6, 6.07) is 3.31. The van der Waals surface area contributed by atoms with E-state index in [1.165, 1.54) is 4.68 Å². The normalized spacial score (nSPS) is 11.8. The third kappa shape index (κ3) is 5.63. The highest BCUT2D eigenvalue weighted by molar-refractivity contribution is 4.96. The predicted octanol–water partition coefficient (Wildman–Crippen LogP) is 1.58. The van der Waals surface area contributed by atoms with Crippen LogP contribution in [0, 0.1) is 12.3 Å². The smallest absolute Gasteiger partial charge is 0.266 e. The van der Waals surface area contributed by atoms with E-state index < -0.39 is 0 Å². The van der Waals surface area contributed by atoms with Gasteiger partial charge < -0.3 is 5.32 Å². The van der Waals surface area contributed by atoms with Crippen LogP contribution in [-0.4, -0.2) is 22.9 Å². The highest BCUT2D eigenvalue weighted by Gasteiger charge is 2.08. The molecule has 1 aromatic heterocycles. The van der Waals surface area contributed by atoms with Gasteiger partial charge in [-0.25, -0.2) is 4.68 Å². The highest BCUT2D eigenvalue weighted by atomic mass is 16.1. The Kier molecular flexibility index (Phi) is 4.87. The van der Waals surface area contributed by atoms with Crippen molar-refractivity contribution < 1.29 is 0 Å². The first-order chi connectivity index (χ1) is 7.88. The summed E-state index contributed by atoms with van der Waals surface area (Å²) in [4.78, 5) is 11.5. The van der Waals surface area contributed by atoms with E-state index in [9.17, 15) is 4.79 Å². The van der Waals surface area contributed by atoms with Gasteiger partial charge in [0.15, 0.2) is 0 Å². The molecule has 1 rings (SSSR count). The fourth-order valence-corrected chi connectivity index (χ4v) is 1.48. The summed E-state index contributed by atoms with van der Waals surface area (Å²) >= 11 is 0. The van der Waals surface area contributed by atoms with Crippen molar-refractivity contribution in [2.75, 3.05) is 13.1 Å². The fraction of sp³-hybridized carbons (Fsp3) is 0.692. The lowest BCUT2D eigenvalue weighted by Gasteiger charge is -2.18. The van der Waals surface area contributed by atoms with Crippen molar-refractivity contribution in [2.24, 2.45) is 5.41 Å². The van der Waals surface area contributed by atoms with Gasteiger partial charge in [-0.05, 0) is 31.4 Å². The molecule has 0 aliphatic carbocycles. The molecule has 1 heterocycles. The van der Waals surface area contributed by atoms with Crippen molar-refractivity contribution in [3.63, 3.8) is 0 Å². The Hall–Kier alpha value is -1.16. The molecule has 0 aromatic carbocycles. The summed E-state index contributed by atoms with van der Waals surface area (Å²) in [5.74, 6) is 0. The Bertz CT molecular complexity index is 404. The van der Waals surface area contributed by atoms with Crippen LogP contribution in [0.1, 0.15) is 32.9 Å². The number of rotatable bonds is 5. The summed E-state index contributed by atoms with van der Waals surface area (Å²) in [7, 11) is 0. The van der Waals surface area contributed by atoms with Gasteiger partial charge in [0.05, 0.1) is 12.2 Å². The summed E-state index contributed by atoms with van der Waals surface area (Å²) in [6.07, 6.45) is 1.13. The van der Waals surface area contributed by atoms with Crippen LogP contribution >= 0.6 is 0 Å². The van der Waals surface area contributed by atoms with Gasteiger partial charge in [-0.3, -0.25) is 4.79 Å². The molecule has 17 heavy (non-hydrogen) atoms. The van der Waals surface area contributed by atoms with Crippen LogP contribution in [0.4, 0.5) is 0 Å². The van der Waals surface area contributed by atoms with E-state index in [0.29, 0.717) is 12.0 Å². The predicted molar refractivity (Wildman–Crippen MR) is 70.2 cm³/mol. The Morgan fingerprint density at radius 2 is 2.00 bits per heavy atom. The molecule has 0 unspecified atom stereocenters. The lowest BCUT2D eigenvalue weighted by Crippen LogP contribution is -2.30. The number of hydrogen-bond donors (Lipinski definition) is 1. The van der Waals surface area contributed by atoms with Gasteiger partial charge in [0, 0.05) is 12.6 Å². The van der Waals surface area contributed by atoms with Crippen molar-refractivity contribution >= 4 is 0 Å². The number of nitrogens with zero attached hydrogens (tertiary/aromatic N) is 2. The van der Waals surface area contributed by atoms with Crippen LogP contribution in [0.2, 0.25) is 0 Å². The van der Waals surface area contributed by atoms with Gasteiger partial charge in [0.2, 0.25) is 0 Å². The second-order valence-electron chi connectivity index (χ2n) is 5.60. The first-order valence-electron chi connectivity index (χ1n) is 6.14. The molecule has 4 nitrogen and oxygen atoms in total. The van der Waals surface area contributed by atoms with Crippen molar-refractivity contribution in [2.45, 2.75) is 40.7 Å². The molecule has 0 saturated heterocycles. The third-order valence-corrected chi connectivity index (χ3v) is 2.55. The van der Waals surface area contributed by atoms with E-state index in [4.69, 9.17) is 0 Å². The monoisotopic (exact) mass is 237 g/mol. The molecule has 1 N–H and O–H groups in total. The molecule has 0 fully saturated rings. The molecule has 0 spiro atoms. The van der Waals surface area contributed by atoms with Crippen LogP contribution in [-0.2, 0) is 6.54 Å². The first-order valence-corrected chi connectivity index (χ1v) is 6.14. The Morgan fingerprint density at radius 3 is 2.65 bits per heavy atom. The Balaban J connectivity index is 2.32. The minimum Gasteiger partial charge on any atom is -0.315 e. The summed E-state index contributed by atoms with van der Waals surface area (Å²) in [5.41, 5.74) is 1.19. The van der Waals surface area contributed by atoms with Crippen LogP contribution in [0.5, 0.6) is 0 Å².